The zero-order valence-electron chi connectivity index (χ0n) is 12.6. The molecule has 0 bridgehead atoms. The zero-order chi connectivity index (χ0) is 15.9. The van der Waals surface area contributed by atoms with E-state index in [2.05, 4.69) is 20.5 Å². The molecule has 3 heterocycles. The first-order valence-corrected chi connectivity index (χ1v) is 8.21. The molecule has 2 aromatic rings. The van der Waals surface area contributed by atoms with Gasteiger partial charge in [0.05, 0.1) is 11.9 Å². The maximum atomic E-state index is 12.7. The van der Waals surface area contributed by atoms with E-state index in [1.165, 1.54) is 15.2 Å². The third-order valence-electron chi connectivity index (χ3n) is 3.63. The normalized spacial score (nSPS) is 15.6. The van der Waals surface area contributed by atoms with E-state index in [9.17, 15) is 8.42 Å². The highest BCUT2D eigenvalue weighted by Crippen LogP contribution is 2.24. The average molecular weight is 323 g/mol. The Hall–Kier alpha value is -2.07. The van der Waals surface area contributed by atoms with Crippen molar-refractivity contribution in [2.45, 2.75) is 18.0 Å². The van der Waals surface area contributed by atoms with Crippen LogP contribution in [0.1, 0.15) is 11.3 Å². The number of nitrogens with zero attached hydrogens (tertiary/aromatic N) is 7. The minimum atomic E-state index is -3.62. The summed E-state index contributed by atoms with van der Waals surface area (Å²) in [7, 11) is 1.69. The Morgan fingerprint density at radius 2 is 2.05 bits per heavy atom. The number of hydrogen-bond acceptors (Lipinski definition) is 7. The molecule has 2 aromatic heterocycles. The molecule has 0 N–H and O–H groups in total. The molecule has 0 unspecified atom stereocenters. The van der Waals surface area contributed by atoms with Gasteiger partial charge in [-0.25, -0.2) is 13.1 Å². The summed E-state index contributed by atoms with van der Waals surface area (Å²) in [4.78, 5) is 1.84. The maximum absolute atomic E-state index is 12.7. The van der Waals surface area contributed by atoms with Gasteiger partial charge in [0.2, 0.25) is 0 Å². The van der Waals surface area contributed by atoms with E-state index in [0.717, 1.165) is 11.3 Å². The van der Waals surface area contributed by atoms with Gasteiger partial charge in [-0.15, -0.1) is 10.2 Å². The average Bonchev–Trinajstić information content (AvgIpc) is 2.93. The van der Waals surface area contributed by atoms with Crippen LogP contribution in [0.15, 0.2) is 17.3 Å². The van der Waals surface area contributed by atoms with Gasteiger partial charge in [-0.1, -0.05) is 5.21 Å². The molecule has 0 atom stereocenters. The Bertz CT molecular complexity index is 800. The summed E-state index contributed by atoms with van der Waals surface area (Å²) in [6.07, 6.45) is 1.81. The highest BCUT2D eigenvalue weighted by atomic mass is 32.2. The molecule has 0 aliphatic carbocycles. The van der Waals surface area contributed by atoms with Crippen molar-refractivity contribution in [1.29, 1.82) is 0 Å². The summed E-state index contributed by atoms with van der Waals surface area (Å²) in [6.45, 7) is 0.649. The summed E-state index contributed by atoms with van der Waals surface area (Å²) >= 11 is 0. The first kappa shape index (κ1) is 14.9. The smallest absolute Gasteiger partial charge is 0.262 e. The molecular weight excluding hydrogens is 306 g/mol. The fourth-order valence-corrected chi connectivity index (χ4v) is 3.82. The number of fused-ring (bicyclic) bond motifs is 1. The molecule has 0 spiro atoms. The van der Waals surface area contributed by atoms with Crippen molar-refractivity contribution >= 4 is 15.8 Å². The van der Waals surface area contributed by atoms with Crippen LogP contribution in [-0.4, -0.2) is 58.6 Å². The Labute approximate surface area is 128 Å². The van der Waals surface area contributed by atoms with E-state index in [4.69, 9.17) is 0 Å². The van der Waals surface area contributed by atoms with E-state index < -0.39 is 10.0 Å². The first-order chi connectivity index (χ1) is 10.4. The molecule has 118 valence electrons. The highest BCUT2D eigenvalue weighted by molar-refractivity contribution is 7.89. The number of rotatable bonds is 3. The van der Waals surface area contributed by atoms with Crippen molar-refractivity contribution in [3.05, 3.63) is 23.5 Å². The standard InChI is InChI=1S/C12H17N7O2S/c1-17(2)11-6-9-8-19(5-4-10(9)14-15-11)22(20,21)12-7-13-16-18(12)3/h6-7H,4-5,8H2,1-3H3. The van der Waals surface area contributed by atoms with E-state index in [0.29, 0.717) is 18.8 Å². The maximum Gasteiger partial charge on any atom is 0.262 e. The van der Waals surface area contributed by atoms with Crippen molar-refractivity contribution in [1.82, 2.24) is 29.5 Å². The molecule has 3 rings (SSSR count). The third kappa shape index (κ3) is 2.44. The van der Waals surface area contributed by atoms with Gasteiger partial charge in [0.1, 0.15) is 0 Å². The largest absolute Gasteiger partial charge is 0.361 e. The lowest BCUT2D eigenvalue weighted by molar-refractivity contribution is 0.381. The van der Waals surface area contributed by atoms with Crippen molar-refractivity contribution < 1.29 is 8.42 Å². The summed E-state index contributed by atoms with van der Waals surface area (Å²) in [6, 6.07) is 1.88. The summed E-state index contributed by atoms with van der Waals surface area (Å²) < 4.78 is 28.0. The van der Waals surface area contributed by atoms with E-state index in [-0.39, 0.29) is 11.6 Å². The van der Waals surface area contributed by atoms with Crippen LogP contribution in [0.2, 0.25) is 0 Å². The Morgan fingerprint density at radius 1 is 1.27 bits per heavy atom. The molecule has 0 fully saturated rings. The molecule has 9 nitrogen and oxygen atoms in total. The first-order valence-electron chi connectivity index (χ1n) is 6.77. The van der Waals surface area contributed by atoms with Crippen LogP contribution in [0, 0.1) is 0 Å². The predicted molar refractivity (Wildman–Crippen MR) is 78.7 cm³/mol. The predicted octanol–water partition coefficient (Wildman–Crippen LogP) is -0.582. The third-order valence-corrected chi connectivity index (χ3v) is 5.52. The van der Waals surface area contributed by atoms with Gasteiger partial charge >= 0.3 is 0 Å². The summed E-state index contributed by atoms with van der Waals surface area (Å²) in [5, 5.41) is 15.7. The molecule has 0 radical (unpaired) electrons. The Kier molecular flexibility index (Phi) is 3.57. The molecule has 1 aliphatic rings. The van der Waals surface area contributed by atoms with Gasteiger partial charge in [-0.3, -0.25) is 0 Å². The SMILES string of the molecule is CN(C)c1cc2c(nn1)CCN(S(=O)(=O)c1cnnn1C)C2. The van der Waals surface area contributed by atoms with Crippen LogP contribution >= 0.6 is 0 Å². The fraction of sp³-hybridized carbons (Fsp3) is 0.500. The minimum Gasteiger partial charge on any atom is -0.361 e. The second-order valence-electron chi connectivity index (χ2n) is 5.35. The van der Waals surface area contributed by atoms with Gasteiger partial charge in [-0.2, -0.15) is 9.40 Å². The second kappa shape index (κ2) is 5.29. The summed E-state index contributed by atoms with van der Waals surface area (Å²) in [5.41, 5.74) is 1.73. The van der Waals surface area contributed by atoms with Crippen molar-refractivity contribution in [2.24, 2.45) is 7.05 Å². The van der Waals surface area contributed by atoms with Crippen molar-refractivity contribution in [2.75, 3.05) is 25.5 Å². The lowest BCUT2D eigenvalue weighted by Crippen LogP contribution is -2.37. The molecular formula is C12H17N7O2S. The number of aryl methyl sites for hydroxylation is 1. The zero-order valence-corrected chi connectivity index (χ0v) is 13.4. The lowest BCUT2D eigenvalue weighted by Gasteiger charge is -2.27. The van der Waals surface area contributed by atoms with Gasteiger partial charge in [0.25, 0.3) is 10.0 Å². The number of anilines is 1. The molecule has 0 amide bonds. The van der Waals surface area contributed by atoms with Gasteiger partial charge < -0.3 is 4.90 Å². The molecule has 1 aliphatic heterocycles. The summed E-state index contributed by atoms with van der Waals surface area (Å²) in [5.74, 6) is 0.709. The van der Waals surface area contributed by atoms with Crippen molar-refractivity contribution in [3.63, 3.8) is 0 Å². The Morgan fingerprint density at radius 3 is 2.68 bits per heavy atom. The second-order valence-corrected chi connectivity index (χ2v) is 7.24. The molecule has 0 saturated heterocycles. The van der Waals surface area contributed by atoms with Gasteiger partial charge in [0, 0.05) is 40.7 Å². The molecule has 22 heavy (non-hydrogen) atoms. The highest BCUT2D eigenvalue weighted by Gasteiger charge is 2.31. The Balaban J connectivity index is 1.94. The number of hydrogen-bond donors (Lipinski definition) is 0. The molecule has 0 aromatic carbocycles. The fourth-order valence-electron chi connectivity index (χ4n) is 2.36. The topological polar surface area (TPSA) is 97.1 Å². The van der Waals surface area contributed by atoms with E-state index in [1.54, 1.807) is 7.05 Å². The lowest BCUT2D eigenvalue weighted by atomic mass is 10.1. The molecule has 0 saturated carbocycles. The number of aromatic nitrogens is 5. The minimum absolute atomic E-state index is 0.0887. The van der Waals surface area contributed by atoms with Crippen LogP contribution in [-0.2, 0) is 30.0 Å². The van der Waals surface area contributed by atoms with Crippen molar-refractivity contribution in [3.8, 4) is 0 Å². The van der Waals surface area contributed by atoms with Crippen LogP contribution in [0.4, 0.5) is 5.82 Å². The van der Waals surface area contributed by atoms with Crippen LogP contribution in [0.5, 0.6) is 0 Å². The monoisotopic (exact) mass is 323 g/mol. The van der Waals surface area contributed by atoms with Crippen LogP contribution in [0.3, 0.4) is 0 Å². The quantitative estimate of drug-likeness (QED) is 0.745. The molecule has 10 heteroatoms. The van der Waals surface area contributed by atoms with Gasteiger partial charge in [-0.05, 0) is 11.6 Å². The van der Waals surface area contributed by atoms with Gasteiger partial charge in [0.15, 0.2) is 10.8 Å². The van der Waals surface area contributed by atoms with Crippen LogP contribution < -0.4 is 4.90 Å². The van der Waals surface area contributed by atoms with E-state index >= 15 is 0 Å². The van der Waals surface area contributed by atoms with Crippen LogP contribution in [0.25, 0.3) is 0 Å². The number of sulfonamides is 1. The van der Waals surface area contributed by atoms with E-state index in [1.807, 2.05) is 25.1 Å².